The van der Waals surface area contributed by atoms with E-state index in [0.717, 1.165) is 5.56 Å². The maximum absolute atomic E-state index is 12.1. The number of benzene rings is 1. The number of aromatic nitrogens is 3. The minimum atomic E-state index is -0.983. The van der Waals surface area contributed by atoms with E-state index in [4.69, 9.17) is 5.11 Å². The van der Waals surface area contributed by atoms with Crippen molar-refractivity contribution in [3.63, 3.8) is 0 Å². The molecule has 0 spiro atoms. The quantitative estimate of drug-likeness (QED) is 0.839. The van der Waals surface area contributed by atoms with E-state index in [1.165, 1.54) is 10.9 Å². The molecule has 0 radical (unpaired) electrons. The number of carboxylic acids is 1. The summed E-state index contributed by atoms with van der Waals surface area (Å²) in [5.74, 6) is -1.14. The van der Waals surface area contributed by atoms with E-state index in [1.807, 2.05) is 30.3 Å². The fourth-order valence-electron chi connectivity index (χ4n) is 1.90. The lowest BCUT2D eigenvalue weighted by atomic mass is 10.2. The van der Waals surface area contributed by atoms with E-state index in [-0.39, 0.29) is 18.9 Å². The predicted molar refractivity (Wildman–Crippen MR) is 74.3 cm³/mol. The van der Waals surface area contributed by atoms with Crippen LogP contribution in [0, 0.1) is 0 Å². The number of carbonyl (C=O) groups excluding carboxylic acids is 1. The first-order valence-corrected chi connectivity index (χ1v) is 6.43. The highest BCUT2D eigenvalue weighted by molar-refractivity contribution is 5.76. The van der Waals surface area contributed by atoms with E-state index in [9.17, 15) is 9.59 Å². The first-order valence-electron chi connectivity index (χ1n) is 6.43. The van der Waals surface area contributed by atoms with Crippen LogP contribution >= 0.6 is 0 Å². The van der Waals surface area contributed by atoms with Crippen LogP contribution in [0.4, 0.5) is 0 Å². The number of hydrogen-bond acceptors (Lipinski definition) is 4. The molecule has 1 heterocycles. The van der Waals surface area contributed by atoms with E-state index in [2.05, 4.69) is 10.3 Å². The van der Waals surface area contributed by atoms with Crippen molar-refractivity contribution in [3.8, 4) is 0 Å². The van der Waals surface area contributed by atoms with Crippen LogP contribution < -0.4 is 0 Å². The summed E-state index contributed by atoms with van der Waals surface area (Å²) in [6.45, 7) is 0.467. The van der Waals surface area contributed by atoms with E-state index in [1.54, 1.807) is 11.9 Å². The first-order chi connectivity index (χ1) is 10.1. The fourth-order valence-corrected chi connectivity index (χ4v) is 1.90. The van der Waals surface area contributed by atoms with Gasteiger partial charge in [0.15, 0.2) is 0 Å². The van der Waals surface area contributed by atoms with Crippen LogP contribution in [0.25, 0.3) is 0 Å². The third-order valence-electron chi connectivity index (χ3n) is 3.00. The van der Waals surface area contributed by atoms with Gasteiger partial charge in [0.2, 0.25) is 5.91 Å². The average Bonchev–Trinajstić information content (AvgIpc) is 2.86. The summed E-state index contributed by atoms with van der Waals surface area (Å²) in [5, 5.41) is 16.2. The molecule has 7 heteroatoms. The highest BCUT2D eigenvalue weighted by Gasteiger charge is 2.14. The van der Waals surface area contributed by atoms with Gasteiger partial charge in [0.05, 0.1) is 18.3 Å². The van der Waals surface area contributed by atoms with Crippen molar-refractivity contribution in [1.29, 1.82) is 0 Å². The van der Waals surface area contributed by atoms with Gasteiger partial charge in [0.1, 0.15) is 6.54 Å². The number of carbonyl (C=O) groups is 2. The lowest BCUT2D eigenvalue weighted by Crippen LogP contribution is -2.30. The van der Waals surface area contributed by atoms with Gasteiger partial charge in [0, 0.05) is 13.6 Å². The summed E-state index contributed by atoms with van der Waals surface area (Å²) < 4.78 is 1.32. The standard InChI is InChI=1S/C14H16N4O3/c1-17(9-11-5-3-2-4-6-11)13(19)10-18-12(7-14(20)21)8-15-16-18/h2-6,8H,7,9-10H2,1H3,(H,20,21). The molecule has 110 valence electrons. The molecule has 0 saturated carbocycles. The number of amides is 1. The average molecular weight is 288 g/mol. The molecule has 0 aliphatic heterocycles. The van der Waals surface area contributed by atoms with Gasteiger partial charge in [0.25, 0.3) is 0 Å². The Morgan fingerprint density at radius 3 is 2.67 bits per heavy atom. The summed E-state index contributed by atoms with van der Waals surface area (Å²) in [5.41, 5.74) is 1.43. The van der Waals surface area contributed by atoms with Crippen molar-refractivity contribution in [2.75, 3.05) is 7.05 Å². The SMILES string of the molecule is CN(Cc1ccccc1)C(=O)Cn1nncc1CC(=O)O. The number of nitrogens with zero attached hydrogens (tertiary/aromatic N) is 4. The maximum atomic E-state index is 12.1. The number of rotatable bonds is 6. The summed E-state index contributed by atoms with van der Waals surface area (Å²) in [7, 11) is 1.70. The number of likely N-dealkylation sites (N-methyl/N-ethyl adjacent to an activating group) is 1. The van der Waals surface area contributed by atoms with Crippen LogP contribution in [0.15, 0.2) is 36.5 Å². The van der Waals surface area contributed by atoms with Gasteiger partial charge in [-0.1, -0.05) is 35.5 Å². The summed E-state index contributed by atoms with van der Waals surface area (Å²) in [6.07, 6.45) is 1.15. The van der Waals surface area contributed by atoms with Crippen LogP contribution in [-0.2, 0) is 29.1 Å². The highest BCUT2D eigenvalue weighted by Crippen LogP contribution is 2.05. The summed E-state index contributed by atoms with van der Waals surface area (Å²) >= 11 is 0. The second-order valence-corrected chi connectivity index (χ2v) is 4.69. The van der Waals surface area contributed by atoms with Crippen molar-refractivity contribution in [2.24, 2.45) is 0 Å². The van der Waals surface area contributed by atoms with Crippen molar-refractivity contribution < 1.29 is 14.7 Å². The molecule has 1 amide bonds. The maximum Gasteiger partial charge on any atom is 0.309 e. The summed E-state index contributed by atoms with van der Waals surface area (Å²) in [4.78, 5) is 24.4. The highest BCUT2D eigenvalue weighted by atomic mass is 16.4. The summed E-state index contributed by atoms with van der Waals surface area (Å²) in [6, 6.07) is 9.62. The minimum absolute atomic E-state index is 0.0219. The zero-order valence-electron chi connectivity index (χ0n) is 11.6. The molecular weight excluding hydrogens is 272 g/mol. The zero-order valence-corrected chi connectivity index (χ0v) is 11.6. The Balaban J connectivity index is 1.98. The molecule has 1 N–H and O–H groups in total. The van der Waals surface area contributed by atoms with Crippen LogP contribution in [-0.4, -0.2) is 43.9 Å². The normalized spacial score (nSPS) is 10.3. The van der Waals surface area contributed by atoms with Gasteiger partial charge >= 0.3 is 5.97 Å². The van der Waals surface area contributed by atoms with Crippen LogP contribution in [0.5, 0.6) is 0 Å². The van der Waals surface area contributed by atoms with Crippen LogP contribution in [0.1, 0.15) is 11.3 Å². The molecule has 0 atom stereocenters. The van der Waals surface area contributed by atoms with Crippen LogP contribution in [0.3, 0.4) is 0 Å². The number of aliphatic carboxylic acids is 1. The third-order valence-corrected chi connectivity index (χ3v) is 3.00. The van der Waals surface area contributed by atoms with E-state index >= 15 is 0 Å². The molecule has 21 heavy (non-hydrogen) atoms. The molecule has 0 fully saturated rings. The molecule has 2 rings (SSSR count). The van der Waals surface area contributed by atoms with Gasteiger partial charge in [-0.25, -0.2) is 4.68 Å². The molecule has 0 bridgehead atoms. The van der Waals surface area contributed by atoms with Crippen molar-refractivity contribution in [2.45, 2.75) is 19.5 Å². The van der Waals surface area contributed by atoms with Gasteiger partial charge in [-0.3, -0.25) is 9.59 Å². The predicted octanol–water partition coefficient (Wildman–Crippen LogP) is 0.564. The van der Waals surface area contributed by atoms with Crippen LogP contribution in [0.2, 0.25) is 0 Å². The molecule has 7 nitrogen and oxygen atoms in total. The van der Waals surface area contributed by atoms with Gasteiger partial charge in [-0.05, 0) is 5.56 Å². The smallest absolute Gasteiger partial charge is 0.309 e. The Kier molecular flexibility index (Phi) is 4.65. The molecular formula is C14H16N4O3. The first kappa shape index (κ1) is 14.7. The van der Waals surface area contributed by atoms with Crippen molar-refractivity contribution in [3.05, 3.63) is 47.8 Å². The molecule has 2 aromatic rings. The Morgan fingerprint density at radius 2 is 2.00 bits per heavy atom. The molecule has 1 aromatic carbocycles. The largest absolute Gasteiger partial charge is 0.481 e. The van der Waals surface area contributed by atoms with Gasteiger partial charge in [-0.15, -0.1) is 5.10 Å². The number of hydrogen-bond donors (Lipinski definition) is 1. The Hall–Kier alpha value is -2.70. The lowest BCUT2D eigenvalue weighted by molar-refractivity contribution is -0.136. The molecule has 0 unspecified atom stereocenters. The Bertz CT molecular complexity index is 624. The second kappa shape index (κ2) is 6.65. The molecule has 0 aliphatic rings. The number of carboxylic acid groups (broad SMARTS) is 1. The van der Waals surface area contributed by atoms with Gasteiger partial charge in [-0.2, -0.15) is 0 Å². The topological polar surface area (TPSA) is 88.3 Å². The second-order valence-electron chi connectivity index (χ2n) is 4.69. The van der Waals surface area contributed by atoms with Crippen molar-refractivity contribution in [1.82, 2.24) is 19.9 Å². The fraction of sp³-hybridized carbons (Fsp3) is 0.286. The third kappa shape index (κ3) is 4.13. The molecule has 1 aromatic heterocycles. The molecule has 0 aliphatic carbocycles. The van der Waals surface area contributed by atoms with Crippen molar-refractivity contribution >= 4 is 11.9 Å². The lowest BCUT2D eigenvalue weighted by Gasteiger charge is -2.17. The monoisotopic (exact) mass is 288 g/mol. The minimum Gasteiger partial charge on any atom is -0.481 e. The Morgan fingerprint density at radius 1 is 1.29 bits per heavy atom. The Labute approximate surface area is 121 Å². The van der Waals surface area contributed by atoms with E-state index in [0.29, 0.717) is 12.2 Å². The zero-order chi connectivity index (χ0) is 15.2. The molecule has 0 saturated heterocycles. The van der Waals surface area contributed by atoms with E-state index < -0.39 is 5.97 Å². The van der Waals surface area contributed by atoms with Gasteiger partial charge < -0.3 is 10.0 Å².